The van der Waals surface area contributed by atoms with Gasteiger partial charge < -0.3 is 49.6 Å². The van der Waals surface area contributed by atoms with Crippen molar-refractivity contribution in [1.29, 1.82) is 0 Å². The van der Waals surface area contributed by atoms with Crippen LogP contribution in [0.4, 0.5) is 0 Å². The normalized spacial score (nSPS) is 18.2. The van der Waals surface area contributed by atoms with E-state index in [9.17, 15) is 0 Å². The molecule has 0 unspecified atom stereocenters. The van der Waals surface area contributed by atoms with Gasteiger partial charge in [-0.05, 0) is 0 Å². The van der Waals surface area contributed by atoms with Gasteiger partial charge in [0.05, 0.1) is 0 Å². The number of hydrogen-bond acceptors (Lipinski definition) is 0. The fourth-order valence-electron chi connectivity index (χ4n) is 3.81. The average molecular weight is 543 g/mol. The van der Waals surface area contributed by atoms with Gasteiger partial charge in [-0.1, -0.05) is 0 Å². The first-order valence-corrected chi connectivity index (χ1v) is 16.4. The Labute approximate surface area is 200 Å². The molecule has 0 heterocycles. The minimum absolute atomic E-state index is 0. The molecule has 0 bridgehead atoms. The van der Waals surface area contributed by atoms with Crippen LogP contribution in [0.25, 0.3) is 0 Å². The van der Waals surface area contributed by atoms with E-state index >= 15 is 0 Å². The smallest absolute Gasteiger partial charge is 1.00 e. The molecule has 0 aliphatic heterocycles. The molecule has 0 saturated heterocycles. The van der Waals surface area contributed by atoms with Crippen molar-refractivity contribution in [3.05, 3.63) is 66.3 Å². The van der Waals surface area contributed by atoms with Gasteiger partial charge in [0.1, 0.15) is 0 Å². The van der Waals surface area contributed by atoms with E-state index in [0.717, 1.165) is 6.42 Å². The molecule has 0 atom stereocenters. The first kappa shape index (κ1) is 29.1. The molecule has 3 rings (SSSR count). The number of fused-ring (bicyclic) bond motifs is 1. The van der Waals surface area contributed by atoms with Gasteiger partial charge in [-0.15, -0.1) is 0 Å². The van der Waals surface area contributed by atoms with E-state index in [4.69, 9.17) is 0 Å². The molecule has 0 nitrogen and oxygen atoms in total. The molecule has 0 aromatic carbocycles. The Morgan fingerprint density at radius 3 is 1.77 bits per heavy atom. The van der Waals surface area contributed by atoms with Crippen LogP contribution in [0.1, 0.15) is 6.42 Å². The predicted octanol–water partition coefficient (Wildman–Crippen LogP) is -6.38. The Bertz CT molecular complexity index is 742. The second kappa shape index (κ2) is 10.1. The summed E-state index contributed by atoms with van der Waals surface area (Å²) >= 11 is 1.54. The average Bonchev–Trinajstić information content (AvgIpc) is 2.98. The van der Waals surface area contributed by atoms with E-state index in [0.29, 0.717) is 0 Å². The largest absolute Gasteiger partial charge is 1.00 e. The third-order valence-electron chi connectivity index (χ3n) is 4.52. The van der Waals surface area contributed by atoms with Crippen molar-refractivity contribution in [2.24, 2.45) is 0 Å². The number of hydrogen-bond donors (Lipinski definition) is 0. The van der Waals surface area contributed by atoms with Crippen LogP contribution in [0.5, 0.6) is 0 Å². The molecule has 0 amide bonds. The summed E-state index contributed by atoms with van der Waals surface area (Å²) in [6.07, 6.45) is 12.9. The van der Waals surface area contributed by atoms with Crippen LogP contribution in [0, 0.1) is 0 Å². The molecular formula is C19H25Cl4Si2Zr. The van der Waals surface area contributed by atoms with Crippen molar-refractivity contribution in [2.45, 2.75) is 45.7 Å². The minimum atomic E-state index is -1.39. The molecule has 0 radical (unpaired) electrons. The van der Waals surface area contributed by atoms with Crippen LogP contribution >= 0.6 is 0 Å². The van der Waals surface area contributed by atoms with Gasteiger partial charge in [0.2, 0.25) is 0 Å². The molecule has 3 aliphatic carbocycles. The van der Waals surface area contributed by atoms with E-state index in [2.05, 4.69) is 69.7 Å². The van der Waals surface area contributed by atoms with Gasteiger partial charge in [-0.3, -0.25) is 0 Å². The quantitative estimate of drug-likeness (QED) is 0.312. The van der Waals surface area contributed by atoms with Crippen LogP contribution in [0.3, 0.4) is 0 Å². The summed E-state index contributed by atoms with van der Waals surface area (Å²) < 4.78 is 1.51. The zero-order valence-corrected chi connectivity index (χ0v) is 23.6. The monoisotopic (exact) mass is 539 g/mol. The van der Waals surface area contributed by atoms with Crippen molar-refractivity contribution in [3.8, 4) is 0 Å². The van der Waals surface area contributed by atoms with Crippen LogP contribution in [-0.4, -0.2) is 16.1 Å². The zero-order chi connectivity index (χ0) is 16.3. The Kier molecular flexibility index (Phi) is 11.3. The number of halogens is 4. The van der Waals surface area contributed by atoms with Gasteiger partial charge in [0, 0.05) is 0 Å². The minimum Gasteiger partial charge on any atom is -1.00 e. The van der Waals surface area contributed by atoms with Crippen LogP contribution in [0.15, 0.2) is 66.3 Å². The first-order chi connectivity index (χ1) is 10.1. The first-order valence-electron chi connectivity index (χ1n) is 8.12. The number of rotatable bonds is 3. The Morgan fingerprint density at radius 2 is 1.35 bits per heavy atom. The van der Waals surface area contributed by atoms with Crippen molar-refractivity contribution in [3.63, 3.8) is 0 Å². The van der Waals surface area contributed by atoms with E-state index in [-0.39, 0.29) is 49.6 Å². The standard InChI is InChI=1S/C19H25Si2.4ClH.Zr/c1-20(2,3)18-16-13-9-12-15(16)17(14-10-7-8-11-14)19(18)21(4,5)6;;;;;/h7-8,10,12-13H,11H2,1-6H3;4*1H;/q;;;;;+4/p-4. The topological polar surface area (TPSA) is 0 Å². The predicted molar refractivity (Wildman–Crippen MR) is 98.8 cm³/mol. The summed E-state index contributed by atoms with van der Waals surface area (Å²) in [4.78, 5) is 0. The fourth-order valence-corrected chi connectivity index (χ4v) is 10.6. The molecule has 141 valence electrons. The maximum Gasteiger partial charge on any atom is -1.00 e. The molecule has 0 N–H and O–H groups in total. The van der Waals surface area contributed by atoms with Crippen LogP contribution in [0.2, 0.25) is 39.3 Å². The van der Waals surface area contributed by atoms with E-state index in [1.165, 1.54) is 28.0 Å². The van der Waals surface area contributed by atoms with Gasteiger partial charge in [-0.2, -0.15) is 0 Å². The summed E-state index contributed by atoms with van der Waals surface area (Å²) in [7, 11) is -2.76. The van der Waals surface area contributed by atoms with E-state index in [1.807, 2.05) is 0 Å². The molecular weight excluding hydrogens is 517 g/mol. The zero-order valence-electron chi connectivity index (χ0n) is 16.1. The molecule has 0 saturated carbocycles. The number of allylic oxidation sites excluding steroid dienone is 12. The molecule has 0 spiro atoms. The second-order valence-electron chi connectivity index (χ2n) is 8.52. The molecule has 3 aliphatic rings. The second-order valence-corrected chi connectivity index (χ2v) is 19.9. The maximum absolute atomic E-state index is 2.52. The van der Waals surface area contributed by atoms with Crippen LogP contribution in [-0.2, 0) is 24.7 Å². The van der Waals surface area contributed by atoms with Crippen molar-refractivity contribution < 1.29 is 74.3 Å². The van der Waals surface area contributed by atoms with Crippen molar-refractivity contribution in [2.75, 3.05) is 0 Å². The SMILES string of the molecule is C[Si](C)(C)C1=C2C=[C]([Zr+4])C=C2C(C2=CC=CC2)=C1[Si](C)(C)C.[Cl-].[Cl-].[Cl-].[Cl-]. The summed E-state index contributed by atoms with van der Waals surface area (Å²) in [5, 5.41) is 3.53. The molecule has 7 heteroatoms. The van der Waals surface area contributed by atoms with Crippen molar-refractivity contribution in [1.82, 2.24) is 0 Å². The third kappa shape index (κ3) is 5.29. The van der Waals surface area contributed by atoms with Crippen molar-refractivity contribution >= 4 is 16.1 Å². The Morgan fingerprint density at radius 1 is 0.808 bits per heavy atom. The van der Waals surface area contributed by atoms with Gasteiger partial charge >= 0.3 is 153 Å². The molecule has 26 heavy (non-hydrogen) atoms. The Hall–Kier alpha value is 0.917. The molecule has 0 aromatic rings. The molecule has 0 fully saturated rings. The third-order valence-corrected chi connectivity index (χ3v) is 9.50. The van der Waals surface area contributed by atoms with Gasteiger partial charge in [0.25, 0.3) is 0 Å². The summed E-state index contributed by atoms with van der Waals surface area (Å²) in [5.41, 5.74) is 6.31. The van der Waals surface area contributed by atoms with E-state index in [1.54, 1.807) is 32.7 Å². The fraction of sp³-hybridized carbons (Fsp3) is 0.368. The maximum atomic E-state index is 2.52. The van der Waals surface area contributed by atoms with E-state index < -0.39 is 16.1 Å². The molecule has 0 aromatic heterocycles. The summed E-state index contributed by atoms with van der Waals surface area (Å²) in [6, 6.07) is 0. The van der Waals surface area contributed by atoms with Crippen LogP contribution < -0.4 is 49.6 Å². The van der Waals surface area contributed by atoms with Gasteiger partial charge in [-0.25, -0.2) is 0 Å². The summed E-state index contributed by atoms with van der Waals surface area (Å²) in [6.45, 7) is 15.1. The summed E-state index contributed by atoms with van der Waals surface area (Å²) in [5.74, 6) is 0. The van der Waals surface area contributed by atoms with Gasteiger partial charge in [0.15, 0.2) is 0 Å². The Balaban J connectivity index is 0.